The van der Waals surface area contributed by atoms with Gasteiger partial charge in [-0.1, -0.05) is 30.4 Å². The van der Waals surface area contributed by atoms with E-state index in [1.807, 2.05) is 38.2 Å². The number of hydrogen-bond acceptors (Lipinski definition) is 6. The van der Waals surface area contributed by atoms with Gasteiger partial charge in [-0.2, -0.15) is 0 Å². The molecule has 6 nitrogen and oxygen atoms in total. The molecular weight excluding hydrogens is 300 g/mol. The number of rotatable bonds is 7. The van der Waals surface area contributed by atoms with Crippen molar-refractivity contribution in [3.63, 3.8) is 0 Å². The highest BCUT2D eigenvalue weighted by molar-refractivity contribution is 7.15. The number of carbonyl (C=O) groups excluding carboxylic acids is 1. The zero-order chi connectivity index (χ0) is 15.9. The molecular formula is C15H20N4O2S. The molecule has 1 aromatic heterocycles. The standard InChI is InChI=1S/C15H20N4O2S/c1-10(9-16-2)14(20)17-15-19-18-13(22-15)8-11-5-4-6-12(7-11)21-3/h4-7,10,16H,8-9H2,1-3H3,(H,17,19,20). The Kier molecular flexibility index (Phi) is 5.85. The van der Waals surface area contributed by atoms with Gasteiger partial charge in [0.1, 0.15) is 10.8 Å². The number of methoxy groups -OCH3 is 1. The molecule has 1 atom stereocenters. The van der Waals surface area contributed by atoms with E-state index in [9.17, 15) is 4.79 Å². The quantitative estimate of drug-likeness (QED) is 0.815. The van der Waals surface area contributed by atoms with E-state index in [1.165, 1.54) is 11.3 Å². The molecule has 0 saturated heterocycles. The summed E-state index contributed by atoms with van der Waals surface area (Å²) < 4.78 is 5.20. The van der Waals surface area contributed by atoms with Crippen LogP contribution >= 0.6 is 11.3 Å². The summed E-state index contributed by atoms with van der Waals surface area (Å²) in [5, 5.41) is 15.3. The molecule has 1 amide bonds. The van der Waals surface area contributed by atoms with Gasteiger partial charge in [0.2, 0.25) is 11.0 Å². The monoisotopic (exact) mass is 320 g/mol. The van der Waals surface area contributed by atoms with Crippen molar-refractivity contribution in [2.45, 2.75) is 13.3 Å². The number of carbonyl (C=O) groups is 1. The molecule has 0 aliphatic heterocycles. The van der Waals surface area contributed by atoms with E-state index in [0.29, 0.717) is 18.1 Å². The number of nitrogens with one attached hydrogen (secondary N) is 2. The van der Waals surface area contributed by atoms with Gasteiger partial charge >= 0.3 is 0 Å². The lowest BCUT2D eigenvalue weighted by Gasteiger charge is -2.08. The van der Waals surface area contributed by atoms with Crippen LogP contribution in [0.3, 0.4) is 0 Å². The zero-order valence-corrected chi connectivity index (χ0v) is 13.7. The third-order valence-electron chi connectivity index (χ3n) is 3.14. The third-order valence-corrected chi connectivity index (χ3v) is 3.98. The summed E-state index contributed by atoms with van der Waals surface area (Å²) >= 11 is 1.39. The molecule has 1 aromatic carbocycles. The maximum absolute atomic E-state index is 11.9. The number of aromatic nitrogens is 2. The highest BCUT2D eigenvalue weighted by atomic mass is 32.1. The first-order valence-corrected chi connectivity index (χ1v) is 7.84. The SMILES string of the molecule is CNCC(C)C(=O)Nc1nnc(Cc2cccc(OC)c2)s1. The summed E-state index contributed by atoms with van der Waals surface area (Å²) in [4.78, 5) is 11.9. The Balaban J connectivity index is 1.97. The maximum atomic E-state index is 11.9. The van der Waals surface area contributed by atoms with Crippen LogP contribution in [-0.4, -0.2) is 36.8 Å². The van der Waals surface area contributed by atoms with Crippen LogP contribution in [0.1, 0.15) is 17.5 Å². The second-order valence-electron chi connectivity index (χ2n) is 4.98. The Morgan fingerprint density at radius 1 is 1.41 bits per heavy atom. The highest BCUT2D eigenvalue weighted by Crippen LogP contribution is 2.21. The molecule has 1 unspecified atom stereocenters. The van der Waals surface area contributed by atoms with Gasteiger partial charge in [0.05, 0.1) is 7.11 Å². The van der Waals surface area contributed by atoms with E-state index < -0.39 is 0 Å². The lowest BCUT2D eigenvalue weighted by Crippen LogP contribution is -2.28. The van der Waals surface area contributed by atoms with E-state index >= 15 is 0 Å². The van der Waals surface area contributed by atoms with Crippen molar-refractivity contribution < 1.29 is 9.53 Å². The van der Waals surface area contributed by atoms with Crippen LogP contribution in [0.4, 0.5) is 5.13 Å². The van der Waals surface area contributed by atoms with Crippen molar-refractivity contribution >= 4 is 22.4 Å². The van der Waals surface area contributed by atoms with Crippen molar-refractivity contribution in [2.24, 2.45) is 5.92 Å². The minimum atomic E-state index is -0.115. The normalized spacial score (nSPS) is 12.0. The van der Waals surface area contributed by atoms with Crippen LogP contribution in [0.25, 0.3) is 0 Å². The highest BCUT2D eigenvalue weighted by Gasteiger charge is 2.14. The van der Waals surface area contributed by atoms with Crippen molar-refractivity contribution in [3.8, 4) is 5.75 Å². The van der Waals surface area contributed by atoms with E-state index in [0.717, 1.165) is 16.3 Å². The molecule has 0 saturated carbocycles. The van der Waals surface area contributed by atoms with Gasteiger partial charge in [0, 0.05) is 18.9 Å². The van der Waals surface area contributed by atoms with Gasteiger partial charge in [0.25, 0.3) is 0 Å². The van der Waals surface area contributed by atoms with Crippen LogP contribution in [0, 0.1) is 5.92 Å². The fourth-order valence-corrected chi connectivity index (χ4v) is 2.74. The predicted molar refractivity (Wildman–Crippen MR) is 87.4 cm³/mol. The van der Waals surface area contributed by atoms with Gasteiger partial charge in [-0.05, 0) is 24.7 Å². The van der Waals surface area contributed by atoms with Crippen LogP contribution in [0.15, 0.2) is 24.3 Å². The van der Waals surface area contributed by atoms with Crippen LogP contribution in [-0.2, 0) is 11.2 Å². The first-order valence-electron chi connectivity index (χ1n) is 7.03. The molecule has 0 radical (unpaired) electrons. The molecule has 2 rings (SSSR count). The second-order valence-corrected chi connectivity index (χ2v) is 6.04. The summed E-state index contributed by atoms with van der Waals surface area (Å²) in [5.41, 5.74) is 1.09. The molecule has 22 heavy (non-hydrogen) atoms. The Hall–Kier alpha value is -1.99. The number of nitrogens with zero attached hydrogens (tertiary/aromatic N) is 2. The number of ether oxygens (including phenoxy) is 1. The minimum absolute atomic E-state index is 0.0570. The van der Waals surface area contributed by atoms with Gasteiger partial charge in [-0.25, -0.2) is 0 Å². The Labute approximate surface area is 133 Å². The molecule has 0 aliphatic rings. The maximum Gasteiger partial charge on any atom is 0.230 e. The van der Waals surface area contributed by atoms with Crippen molar-refractivity contribution in [3.05, 3.63) is 34.8 Å². The summed E-state index contributed by atoms with van der Waals surface area (Å²) in [6.45, 7) is 2.49. The molecule has 0 aliphatic carbocycles. The van der Waals surface area contributed by atoms with E-state index in [2.05, 4.69) is 20.8 Å². The summed E-state index contributed by atoms with van der Waals surface area (Å²) in [6.07, 6.45) is 0.663. The van der Waals surface area contributed by atoms with Crippen LogP contribution in [0.2, 0.25) is 0 Å². The fraction of sp³-hybridized carbons (Fsp3) is 0.400. The summed E-state index contributed by atoms with van der Waals surface area (Å²) in [5.74, 6) is 0.644. The second kappa shape index (κ2) is 7.86. The summed E-state index contributed by atoms with van der Waals surface area (Å²) in [7, 11) is 3.46. The van der Waals surface area contributed by atoms with Gasteiger partial charge in [0.15, 0.2) is 0 Å². The zero-order valence-electron chi connectivity index (χ0n) is 12.9. The summed E-state index contributed by atoms with van der Waals surface area (Å²) in [6, 6.07) is 7.82. The van der Waals surface area contributed by atoms with E-state index in [1.54, 1.807) is 7.11 Å². The van der Waals surface area contributed by atoms with Gasteiger partial charge in [-0.3, -0.25) is 4.79 Å². The fourth-order valence-electron chi connectivity index (χ4n) is 1.96. The topological polar surface area (TPSA) is 76.1 Å². The number of amides is 1. The lowest BCUT2D eigenvalue weighted by atomic mass is 10.1. The van der Waals surface area contributed by atoms with Crippen molar-refractivity contribution in [1.29, 1.82) is 0 Å². The Morgan fingerprint density at radius 2 is 2.23 bits per heavy atom. The smallest absolute Gasteiger partial charge is 0.230 e. The molecule has 0 fully saturated rings. The van der Waals surface area contributed by atoms with Crippen molar-refractivity contribution in [1.82, 2.24) is 15.5 Å². The van der Waals surface area contributed by atoms with Gasteiger partial charge in [-0.15, -0.1) is 10.2 Å². The van der Waals surface area contributed by atoms with Gasteiger partial charge < -0.3 is 15.4 Å². The van der Waals surface area contributed by atoms with Crippen LogP contribution in [0.5, 0.6) is 5.75 Å². The van der Waals surface area contributed by atoms with E-state index in [4.69, 9.17) is 4.74 Å². The molecule has 2 aromatic rings. The van der Waals surface area contributed by atoms with E-state index in [-0.39, 0.29) is 11.8 Å². The molecule has 2 N–H and O–H groups in total. The predicted octanol–water partition coefficient (Wildman–Crippen LogP) is 1.93. The Morgan fingerprint density at radius 3 is 2.95 bits per heavy atom. The number of anilines is 1. The largest absolute Gasteiger partial charge is 0.497 e. The molecule has 0 bridgehead atoms. The molecule has 7 heteroatoms. The average molecular weight is 320 g/mol. The number of benzene rings is 1. The molecule has 118 valence electrons. The number of hydrogen-bond donors (Lipinski definition) is 2. The lowest BCUT2D eigenvalue weighted by molar-refractivity contribution is -0.119. The molecule has 1 heterocycles. The Bertz CT molecular complexity index is 630. The first-order chi connectivity index (χ1) is 10.6. The third kappa shape index (κ3) is 4.51. The average Bonchev–Trinajstić information content (AvgIpc) is 2.94. The first kappa shape index (κ1) is 16.4. The van der Waals surface area contributed by atoms with Crippen molar-refractivity contribution in [2.75, 3.05) is 26.0 Å². The van der Waals surface area contributed by atoms with Crippen LogP contribution < -0.4 is 15.4 Å². The minimum Gasteiger partial charge on any atom is -0.497 e. The molecule has 0 spiro atoms.